The molecule has 0 saturated carbocycles. The zero-order valence-electron chi connectivity index (χ0n) is 17.7. The summed E-state index contributed by atoms with van der Waals surface area (Å²) in [6.07, 6.45) is 7.51. The molecule has 0 aliphatic carbocycles. The fourth-order valence-electron chi connectivity index (χ4n) is 3.66. The van der Waals surface area contributed by atoms with Crippen molar-refractivity contribution in [2.75, 3.05) is 6.54 Å². The van der Waals surface area contributed by atoms with Crippen molar-refractivity contribution in [1.82, 2.24) is 5.32 Å². The average molecular weight is 344 g/mol. The number of hydrogen-bond acceptors (Lipinski definition) is 1. The maximum Gasteiger partial charge on any atom is 0.0258 e. The van der Waals surface area contributed by atoms with Crippen LogP contribution in [0.3, 0.4) is 0 Å². The Labute approximate surface area is 157 Å². The van der Waals surface area contributed by atoms with Crippen LogP contribution in [0.1, 0.15) is 84.3 Å². The van der Waals surface area contributed by atoms with Gasteiger partial charge in [-0.25, -0.2) is 0 Å². The molecule has 2 unspecified atom stereocenters. The summed E-state index contributed by atoms with van der Waals surface area (Å²) in [5, 5.41) is 3.83. The van der Waals surface area contributed by atoms with Crippen molar-refractivity contribution in [3.63, 3.8) is 0 Å². The van der Waals surface area contributed by atoms with Crippen LogP contribution in [0.4, 0.5) is 0 Å². The highest BCUT2D eigenvalue weighted by atomic mass is 14.9. The quantitative estimate of drug-likeness (QED) is 0.432. The minimum absolute atomic E-state index is 0.468. The molecule has 0 heterocycles. The number of hydrogen-bond donors (Lipinski definition) is 1. The van der Waals surface area contributed by atoms with Gasteiger partial charge >= 0.3 is 0 Å². The van der Waals surface area contributed by atoms with E-state index in [4.69, 9.17) is 0 Å². The van der Waals surface area contributed by atoms with Gasteiger partial charge in [-0.1, -0.05) is 82.0 Å². The third-order valence-corrected chi connectivity index (χ3v) is 5.31. The zero-order chi connectivity index (χ0) is 18.8. The lowest BCUT2D eigenvalue weighted by Crippen LogP contribution is -2.31. The maximum atomic E-state index is 3.83. The first-order valence-corrected chi connectivity index (χ1v) is 10.3. The van der Waals surface area contributed by atoms with Gasteiger partial charge in [0.25, 0.3) is 0 Å². The van der Waals surface area contributed by atoms with Crippen LogP contribution >= 0.6 is 0 Å². The molecule has 0 amide bonds. The van der Waals surface area contributed by atoms with Crippen molar-refractivity contribution in [3.8, 4) is 0 Å². The highest BCUT2D eigenvalue weighted by molar-refractivity contribution is 5.24. The average Bonchev–Trinajstić information content (AvgIpc) is 2.53. The molecule has 1 heteroatoms. The van der Waals surface area contributed by atoms with Gasteiger partial charge in [0, 0.05) is 6.04 Å². The summed E-state index contributed by atoms with van der Waals surface area (Å²) in [7, 11) is 0. The summed E-state index contributed by atoms with van der Waals surface area (Å²) in [6, 6.07) is 9.50. The van der Waals surface area contributed by atoms with Crippen molar-refractivity contribution < 1.29 is 0 Å². The molecule has 0 aliphatic heterocycles. The van der Waals surface area contributed by atoms with Crippen LogP contribution in [-0.2, 0) is 0 Å². The van der Waals surface area contributed by atoms with Crippen molar-refractivity contribution in [2.24, 2.45) is 11.8 Å². The molecule has 1 N–H and O–H groups in total. The van der Waals surface area contributed by atoms with Gasteiger partial charge in [0.15, 0.2) is 0 Å². The Hall–Kier alpha value is -1.08. The second-order valence-electron chi connectivity index (χ2n) is 8.43. The summed E-state index contributed by atoms with van der Waals surface area (Å²) in [6.45, 7) is 17.1. The number of aryl methyl sites for hydroxylation is 1. The van der Waals surface area contributed by atoms with E-state index in [1.54, 1.807) is 0 Å². The monoisotopic (exact) mass is 343 g/mol. The van der Waals surface area contributed by atoms with Crippen LogP contribution < -0.4 is 5.32 Å². The molecular formula is C24H41N. The third kappa shape index (κ3) is 8.72. The smallest absolute Gasteiger partial charge is 0.0258 e. The SMILES string of the molecule is CCCC(CCNC(C=C(C)C)C[C@H](C)c1ccc(C)cc1)C(C)C. The van der Waals surface area contributed by atoms with Gasteiger partial charge < -0.3 is 5.32 Å². The lowest BCUT2D eigenvalue weighted by atomic mass is 9.88. The topological polar surface area (TPSA) is 12.0 Å². The van der Waals surface area contributed by atoms with Crippen molar-refractivity contribution in [2.45, 2.75) is 86.1 Å². The first kappa shape index (κ1) is 22.0. The van der Waals surface area contributed by atoms with Crippen molar-refractivity contribution in [1.29, 1.82) is 0 Å². The summed E-state index contributed by atoms with van der Waals surface area (Å²) in [4.78, 5) is 0. The van der Waals surface area contributed by atoms with E-state index >= 15 is 0 Å². The zero-order valence-corrected chi connectivity index (χ0v) is 17.7. The minimum Gasteiger partial charge on any atom is -0.310 e. The van der Waals surface area contributed by atoms with Gasteiger partial charge in [0.1, 0.15) is 0 Å². The van der Waals surface area contributed by atoms with Crippen LogP contribution in [0.25, 0.3) is 0 Å². The maximum absolute atomic E-state index is 3.83. The summed E-state index contributed by atoms with van der Waals surface area (Å²) >= 11 is 0. The van der Waals surface area contributed by atoms with E-state index in [1.807, 2.05) is 0 Å². The molecule has 0 aromatic heterocycles. The van der Waals surface area contributed by atoms with Crippen LogP contribution in [0.15, 0.2) is 35.9 Å². The Kier molecular flexibility index (Phi) is 10.1. The lowest BCUT2D eigenvalue weighted by Gasteiger charge is -2.24. The third-order valence-electron chi connectivity index (χ3n) is 5.31. The Morgan fingerprint density at radius 3 is 2.20 bits per heavy atom. The molecule has 0 aliphatic rings. The Balaban J connectivity index is 2.61. The summed E-state index contributed by atoms with van der Waals surface area (Å²) < 4.78 is 0. The number of rotatable bonds is 11. The number of benzene rings is 1. The molecule has 0 bridgehead atoms. The second-order valence-corrected chi connectivity index (χ2v) is 8.43. The molecule has 25 heavy (non-hydrogen) atoms. The van der Waals surface area contributed by atoms with Crippen LogP contribution in [0, 0.1) is 18.8 Å². The molecule has 142 valence electrons. The second kappa shape index (κ2) is 11.5. The van der Waals surface area contributed by atoms with E-state index in [0.717, 1.165) is 24.8 Å². The molecule has 0 fully saturated rings. The molecule has 1 aromatic rings. The standard InChI is InChI=1S/C24H41N/c1-8-9-22(19(4)5)14-15-25-24(16-18(2)3)17-21(7)23-12-10-20(6)11-13-23/h10-13,16,19,21-22,24-25H,8-9,14-15,17H2,1-7H3/t21-,22?,24?/m0/s1. The highest BCUT2D eigenvalue weighted by Gasteiger charge is 2.15. The predicted molar refractivity (Wildman–Crippen MR) is 113 cm³/mol. The van der Waals surface area contributed by atoms with Gasteiger partial charge in [-0.3, -0.25) is 0 Å². The molecule has 0 radical (unpaired) electrons. The van der Waals surface area contributed by atoms with Gasteiger partial charge in [-0.05, 0) is 63.5 Å². The molecular weight excluding hydrogens is 302 g/mol. The predicted octanol–water partition coefficient (Wildman–Crippen LogP) is 6.88. The van der Waals surface area contributed by atoms with Crippen molar-refractivity contribution in [3.05, 3.63) is 47.0 Å². The van der Waals surface area contributed by atoms with Gasteiger partial charge in [-0.15, -0.1) is 0 Å². The Morgan fingerprint density at radius 2 is 1.68 bits per heavy atom. The van der Waals surface area contributed by atoms with E-state index in [2.05, 4.69) is 84.1 Å². The molecule has 1 aromatic carbocycles. The Bertz CT molecular complexity index is 493. The van der Waals surface area contributed by atoms with E-state index in [0.29, 0.717) is 12.0 Å². The van der Waals surface area contributed by atoms with Gasteiger partial charge in [-0.2, -0.15) is 0 Å². The molecule has 1 rings (SSSR count). The summed E-state index contributed by atoms with van der Waals surface area (Å²) in [5.74, 6) is 2.21. The molecule has 3 atom stereocenters. The fourth-order valence-corrected chi connectivity index (χ4v) is 3.66. The van der Waals surface area contributed by atoms with Crippen LogP contribution in [-0.4, -0.2) is 12.6 Å². The first-order valence-electron chi connectivity index (χ1n) is 10.3. The minimum atomic E-state index is 0.468. The molecule has 0 saturated heterocycles. The van der Waals surface area contributed by atoms with Crippen LogP contribution in [0.2, 0.25) is 0 Å². The Morgan fingerprint density at radius 1 is 1.04 bits per heavy atom. The molecule has 1 nitrogen and oxygen atoms in total. The van der Waals surface area contributed by atoms with Crippen molar-refractivity contribution >= 4 is 0 Å². The van der Waals surface area contributed by atoms with Crippen LogP contribution in [0.5, 0.6) is 0 Å². The fraction of sp³-hybridized carbons (Fsp3) is 0.667. The lowest BCUT2D eigenvalue weighted by molar-refractivity contribution is 0.322. The van der Waals surface area contributed by atoms with E-state index in [1.165, 1.54) is 36.0 Å². The van der Waals surface area contributed by atoms with Gasteiger partial charge in [0.05, 0.1) is 0 Å². The van der Waals surface area contributed by atoms with Gasteiger partial charge in [0.2, 0.25) is 0 Å². The van der Waals surface area contributed by atoms with E-state index in [9.17, 15) is 0 Å². The summed E-state index contributed by atoms with van der Waals surface area (Å²) in [5.41, 5.74) is 4.19. The number of nitrogens with one attached hydrogen (secondary N) is 1. The largest absolute Gasteiger partial charge is 0.310 e. The first-order chi connectivity index (χ1) is 11.8. The van der Waals surface area contributed by atoms with E-state index < -0.39 is 0 Å². The normalized spacial score (nSPS) is 15.0. The highest BCUT2D eigenvalue weighted by Crippen LogP contribution is 2.23. The number of allylic oxidation sites excluding steroid dienone is 1. The molecule has 0 spiro atoms. The van der Waals surface area contributed by atoms with E-state index in [-0.39, 0.29) is 0 Å².